The molecule has 1 aliphatic heterocycles. The molecule has 4 nitrogen and oxygen atoms in total. The molecular weight excluding hydrogens is 230 g/mol. The molecule has 18 heavy (non-hydrogen) atoms. The minimum absolute atomic E-state index is 0.0192. The Morgan fingerprint density at radius 2 is 2.17 bits per heavy atom. The molecule has 0 radical (unpaired) electrons. The summed E-state index contributed by atoms with van der Waals surface area (Å²) < 4.78 is 5.00. The van der Waals surface area contributed by atoms with Gasteiger partial charge >= 0.3 is 6.09 Å². The summed E-state index contributed by atoms with van der Waals surface area (Å²) in [4.78, 5) is 13.4. The van der Waals surface area contributed by atoms with Gasteiger partial charge in [-0.2, -0.15) is 0 Å². The first kappa shape index (κ1) is 12.9. The van der Waals surface area contributed by atoms with E-state index in [1.54, 1.807) is 11.8 Å². The average molecular weight is 249 g/mol. The van der Waals surface area contributed by atoms with Gasteiger partial charge in [-0.05, 0) is 19.4 Å². The second kappa shape index (κ2) is 4.98. The third-order valence-electron chi connectivity index (χ3n) is 3.41. The summed E-state index contributed by atoms with van der Waals surface area (Å²) in [5.41, 5.74) is -0.114. The van der Waals surface area contributed by atoms with Crippen LogP contribution in [-0.2, 0) is 10.3 Å². The van der Waals surface area contributed by atoms with Gasteiger partial charge in [0.05, 0.1) is 13.2 Å². The molecule has 1 fully saturated rings. The summed E-state index contributed by atoms with van der Waals surface area (Å²) >= 11 is 0. The second-order valence-electron chi connectivity index (χ2n) is 4.78. The Bertz CT molecular complexity index is 420. The van der Waals surface area contributed by atoms with Crippen LogP contribution in [0.1, 0.15) is 25.8 Å². The highest BCUT2D eigenvalue weighted by Gasteiger charge is 2.44. The Morgan fingerprint density at radius 3 is 2.78 bits per heavy atom. The lowest BCUT2D eigenvalue weighted by molar-refractivity contribution is 0.0423. The molecule has 0 aliphatic carbocycles. The third kappa shape index (κ3) is 2.34. The smallest absolute Gasteiger partial charge is 0.410 e. The summed E-state index contributed by atoms with van der Waals surface area (Å²) in [5.74, 6) is 0. The molecule has 4 heteroatoms. The molecule has 1 amide bonds. The normalized spacial score (nSPS) is 27.3. The molecule has 0 bridgehead atoms. The second-order valence-corrected chi connectivity index (χ2v) is 4.78. The van der Waals surface area contributed by atoms with Crippen LogP contribution in [0.4, 0.5) is 4.79 Å². The highest BCUT2D eigenvalue weighted by atomic mass is 16.6. The summed E-state index contributed by atoms with van der Waals surface area (Å²) in [6, 6.07) is 9.46. The number of hydrogen-bond donors (Lipinski definition) is 1. The highest BCUT2D eigenvalue weighted by molar-refractivity contribution is 5.68. The molecule has 2 rings (SSSR count). The Kier molecular flexibility index (Phi) is 3.57. The number of amides is 1. The van der Waals surface area contributed by atoms with Crippen molar-refractivity contribution in [1.29, 1.82) is 0 Å². The van der Waals surface area contributed by atoms with E-state index < -0.39 is 5.60 Å². The predicted octanol–water partition coefficient (Wildman–Crippen LogP) is 2.12. The number of carbonyl (C=O) groups excluding carboxylic acids is 1. The minimum atomic E-state index is -0.965. The van der Waals surface area contributed by atoms with Crippen molar-refractivity contribution in [1.82, 2.24) is 4.90 Å². The fourth-order valence-corrected chi connectivity index (χ4v) is 2.51. The molecule has 0 saturated carbocycles. The molecule has 0 aromatic heterocycles. The lowest BCUT2D eigenvalue weighted by Crippen LogP contribution is -2.36. The zero-order valence-corrected chi connectivity index (χ0v) is 10.8. The first-order valence-corrected chi connectivity index (χ1v) is 6.28. The molecule has 1 saturated heterocycles. The van der Waals surface area contributed by atoms with Crippen LogP contribution in [0.15, 0.2) is 30.3 Å². The topological polar surface area (TPSA) is 49.8 Å². The number of β-amino-alcohol motifs (C(OH)–C–C–N with tert-alkyl or cyclic N) is 1. The maximum atomic E-state index is 11.8. The van der Waals surface area contributed by atoms with E-state index in [2.05, 4.69) is 0 Å². The largest absolute Gasteiger partial charge is 0.450 e. The van der Waals surface area contributed by atoms with E-state index in [4.69, 9.17) is 4.74 Å². The van der Waals surface area contributed by atoms with E-state index in [0.29, 0.717) is 13.0 Å². The Morgan fingerprint density at radius 1 is 1.50 bits per heavy atom. The summed E-state index contributed by atoms with van der Waals surface area (Å²) in [6.45, 7) is 4.35. The summed E-state index contributed by atoms with van der Waals surface area (Å²) in [5, 5.41) is 10.7. The Balaban J connectivity index is 2.17. The van der Waals surface area contributed by atoms with Gasteiger partial charge in [-0.15, -0.1) is 0 Å². The molecule has 98 valence electrons. The lowest BCUT2D eigenvalue weighted by atomic mass is 9.92. The average Bonchev–Trinajstić information content (AvgIpc) is 2.68. The standard InChI is InChI=1S/C14H19NO3/c1-3-18-13(16)15-10-14(17,9-11(15)2)12-7-5-4-6-8-12/h4-8,11,17H,3,9-10H2,1-2H3. The van der Waals surface area contributed by atoms with Crippen molar-refractivity contribution in [2.45, 2.75) is 31.9 Å². The zero-order valence-electron chi connectivity index (χ0n) is 10.8. The maximum Gasteiger partial charge on any atom is 0.410 e. The van der Waals surface area contributed by atoms with Crippen LogP contribution in [0.5, 0.6) is 0 Å². The molecule has 1 heterocycles. The first-order chi connectivity index (χ1) is 8.57. The van der Waals surface area contributed by atoms with E-state index in [9.17, 15) is 9.90 Å². The van der Waals surface area contributed by atoms with E-state index in [1.807, 2.05) is 37.3 Å². The highest BCUT2D eigenvalue weighted by Crippen LogP contribution is 2.35. The van der Waals surface area contributed by atoms with Crippen LogP contribution < -0.4 is 0 Å². The number of ether oxygens (including phenoxy) is 1. The summed E-state index contributed by atoms with van der Waals surface area (Å²) in [7, 11) is 0. The van der Waals surface area contributed by atoms with Crippen LogP contribution in [0, 0.1) is 0 Å². The predicted molar refractivity (Wildman–Crippen MR) is 68.1 cm³/mol. The van der Waals surface area contributed by atoms with Gasteiger partial charge in [-0.1, -0.05) is 30.3 Å². The monoisotopic (exact) mass is 249 g/mol. The number of hydrogen-bond acceptors (Lipinski definition) is 3. The number of aliphatic hydroxyl groups is 1. The first-order valence-electron chi connectivity index (χ1n) is 6.28. The number of benzene rings is 1. The molecule has 1 aromatic carbocycles. The number of likely N-dealkylation sites (tertiary alicyclic amines) is 1. The number of rotatable bonds is 2. The van der Waals surface area contributed by atoms with E-state index >= 15 is 0 Å². The lowest BCUT2D eigenvalue weighted by Gasteiger charge is -2.23. The van der Waals surface area contributed by atoms with Crippen molar-refractivity contribution >= 4 is 6.09 Å². The molecule has 1 aromatic rings. The maximum absolute atomic E-state index is 11.8. The van der Waals surface area contributed by atoms with E-state index in [1.165, 1.54) is 0 Å². The SMILES string of the molecule is CCOC(=O)N1CC(O)(c2ccccc2)CC1C. The number of nitrogens with zero attached hydrogens (tertiary/aromatic N) is 1. The van der Waals surface area contributed by atoms with E-state index in [-0.39, 0.29) is 18.7 Å². The van der Waals surface area contributed by atoms with Gasteiger partial charge in [0.2, 0.25) is 0 Å². The van der Waals surface area contributed by atoms with Crippen LogP contribution in [-0.4, -0.2) is 35.3 Å². The summed E-state index contributed by atoms with van der Waals surface area (Å²) in [6.07, 6.45) is 0.187. The van der Waals surface area contributed by atoms with Crippen molar-refractivity contribution in [3.05, 3.63) is 35.9 Å². The van der Waals surface area contributed by atoms with Crippen LogP contribution >= 0.6 is 0 Å². The quantitative estimate of drug-likeness (QED) is 0.873. The van der Waals surface area contributed by atoms with Gasteiger partial charge in [0.1, 0.15) is 5.60 Å². The van der Waals surface area contributed by atoms with Gasteiger partial charge in [0, 0.05) is 12.5 Å². The van der Waals surface area contributed by atoms with Crippen LogP contribution in [0.25, 0.3) is 0 Å². The van der Waals surface area contributed by atoms with Gasteiger partial charge in [0.15, 0.2) is 0 Å². The molecular formula is C14H19NO3. The van der Waals surface area contributed by atoms with Crippen molar-refractivity contribution < 1.29 is 14.6 Å². The molecule has 1 aliphatic rings. The van der Waals surface area contributed by atoms with Gasteiger partial charge < -0.3 is 14.7 Å². The van der Waals surface area contributed by atoms with Crippen molar-refractivity contribution in [3.63, 3.8) is 0 Å². The van der Waals surface area contributed by atoms with Gasteiger partial charge in [0.25, 0.3) is 0 Å². The molecule has 2 atom stereocenters. The third-order valence-corrected chi connectivity index (χ3v) is 3.41. The van der Waals surface area contributed by atoms with Crippen molar-refractivity contribution in [3.8, 4) is 0 Å². The molecule has 1 N–H and O–H groups in total. The molecule has 2 unspecified atom stereocenters. The van der Waals surface area contributed by atoms with Gasteiger partial charge in [-0.3, -0.25) is 0 Å². The Labute approximate surface area is 107 Å². The van der Waals surface area contributed by atoms with E-state index in [0.717, 1.165) is 5.56 Å². The fourth-order valence-electron chi connectivity index (χ4n) is 2.51. The Hall–Kier alpha value is -1.55. The minimum Gasteiger partial charge on any atom is -0.450 e. The van der Waals surface area contributed by atoms with Crippen LogP contribution in [0.3, 0.4) is 0 Å². The zero-order chi connectivity index (χ0) is 13.2. The molecule has 0 spiro atoms. The number of carbonyl (C=O) groups is 1. The van der Waals surface area contributed by atoms with Crippen LogP contribution in [0.2, 0.25) is 0 Å². The van der Waals surface area contributed by atoms with Crippen molar-refractivity contribution in [2.75, 3.05) is 13.2 Å². The fraction of sp³-hybridized carbons (Fsp3) is 0.500. The van der Waals surface area contributed by atoms with Gasteiger partial charge in [-0.25, -0.2) is 4.79 Å². The van der Waals surface area contributed by atoms with Crippen molar-refractivity contribution in [2.24, 2.45) is 0 Å².